The van der Waals surface area contributed by atoms with E-state index in [-0.39, 0.29) is 11.6 Å². The Morgan fingerprint density at radius 1 is 0.828 bits per heavy atom. The molecule has 0 fully saturated rings. The number of hydrogen-bond donors (Lipinski definition) is 0. The van der Waals surface area contributed by atoms with E-state index in [2.05, 4.69) is 39.8 Å². The van der Waals surface area contributed by atoms with Crippen molar-refractivity contribution in [1.29, 1.82) is 0 Å². The van der Waals surface area contributed by atoms with Crippen molar-refractivity contribution in [3.05, 3.63) is 83.4 Å². The highest BCUT2D eigenvalue weighted by Crippen LogP contribution is 2.31. The molecule has 0 aliphatic carbocycles. The molecule has 0 aliphatic heterocycles. The minimum Gasteiger partial charge on any atom is -0.488 e. The number of ether oxygens (including phenoxy) is 2. The van der Waals surface area contributed by atoms with E-state index in [9.17, 15) is 4.79 Å². The lowest BCUT2D eigenvalue weighted by Gasteiger charge is -2.26. The van der Waals surface area contributed by atoms with Gasteiger partial charge in [0.1, 0.15) is 17.1 Å². The van der Waals surface area contributed by atoms with E-state index in [0.717, 1.165) is 34.4 Å². The minimum atomic E-state index is -0.350. The van der Waals surface area contributed by atoms with Gasteiger partial charge in [-0.15, -0.1) is 0 Å². The molecule has 0 unspecified atom stereocenters. The molecule has 0 atom stereocenters. The number of hydrogen-bond acceptors (Lipinski definition) is 3. The van der Waals surface area contributed by atoms with Crippen molar-refractivity contribution in [2.45, 2.75) is 46.6 Å². The Morgan fingerprint density at radius 2 is 1.38 bits per heavy atom. The Kier molecular flexibility index (Phi) is 6.07. The zero-order chi connectivity index (χ0) is 21.0. The van der Waals surface area contributed by atoms with Crippen LogP contribution in [0.2, 0.25) is 0 Å². The molecule has 0 N–H and O–H groups in total. The van der Waals surface area contributed by atoms with E-state index in [1.165, 1.54) is 0 Å². The third-order valence-electron chi connectivity index (χ3n) is 5.13. The van der Waals surface area contributed by atoms with Crippen molar-refractivity contribution in [2.24, 2.45) is 0 Å². The summed E-state index contributed by atoms with van der Waals surface area (Å²) in [6, 6.07) is 21.1. The first kappa shape index (κ1) is 20.7. The van der Waals surface area contributed by atoms with Crippen LogP contribution in [0.15, 0.2) is 66.7 Å². The normalized spacial score (nSPS) is 11.2. The maximum Gasteiger partial charge on any atom is 0.343 e. The van der Waals surface area contributed by atoms with Crippen LogP contribution >= 0.6 is 0 Å². The molecule has 3 aromatic rings. The van der Waals surface area contributed by atoms with Crippen molar-refractivity contribution < 1.29 is 14.3 Å². The lowest BCUT2D eigenvalue weighted by Crippen LogP contribution is -2.27. The Morgan fingerprint density at radius 3 is 1.90 bits per heavy atom. The van der Waals surface area contributed by atoms with Crippen LogP contribution < -0.4 is 9.47 Å². The molecule has 3 aromatic carbocycles. The van der Waals surface area contributed by atoms with E-state index < -0.39 is 0 Å². The molecule has 150 valence electrons. The van der Waals surface area contributed by atoms with Crippen molar-refractivity contribution in [3.8, 4) is 22.6 Å². The number of aryl methyl sites for hydroxylation is 2. The quantitative estimate of drug-likeness (QED) is 0.346. The second-order valence-electron chi connectivity index (χ2n) is 7.93. The molecule has 3 heteroatoms. The van der Waals surface area contributed by atoms with Crippen LogP contribution in [0.5, 0.6) is 11.5 Å². The third kappa shape index (κ3) is 5.05. The summed E-state index contributed by atoms with van der Waals surface area (Å²) in [7, 11) is 0. The zero-order valence-corrected chi connectivity index (χ0v) is 17.8. The fourth-order valence-corrected chi connectivity index (χ4v) is 2.99. The zero-order valence-electron chi connectivity index (χ0n) is 17.8. The summed E-state index contributed by atoms with van der Waals surface area (Å²) in [6.07, 6.45) is 0.941. The average molecular weight is 389 g/mol. The van der Waals surface area contributed by atoms with Gasteiger partial charge in [0, 0.05) is 0 Å². The molecule has 0 amide bonds. The Balaban J connectivity index is 1.79. The number of rotatable bonds is 6. The molecule has 0 radical (unpaired) electrons. The highest BCUT2D eigenvalue weighted by Gasteiger charge is 2.18. The fourth-order valence-electron chi connectivity index (χ4n) is 2.99. The van der Waals surface area contributed by atoms with Crippen LogP contribution in [0, 0.1) is 13.8 Å². The summed E-state index contributed by atoms with van der Waals surface area (Å²) in [6.45, 7) is 10.3. The summed E-state index contributed by atoms with van der Waals surface area (Å²) >= 11 is 0. The Hall–Kier alpha value is -3.07. The van der Waals surface area contributed by atoms with E-state index in [0.29, 0.717) is 11.3 Å². The number of carbonyl (C=O) groups is 1. The van der Waals surface area contributed by atoms with E-state index in [4.69, 9.17) is 9.47 Å². The van der Waals surface area contributed by atoms with Crippen molar-refractivity contribution in [3.63, 3.8) is 0 Å². The first-order valence-corrected chi connectivity index (χ1v) is 9.97. The van der Waals surface area contributed by atoms with Crippen LogP contribution in [-0.2, 0) is 0 Å². The lowest BCUT2D eigenvalue weighted by molar-refractivity contribution is 0.0733. The number of carbonyl (C=O) groups excluding carboxylic acids is 1. The van der Waals surface area contributed by atoms with Crippen molar-refractivity contribution in [1.82, 2.24) is 0 Å². The van der Waals surface area contributed by atoms with Crippen molar-refractivity contribution >= 4 is 5.97 Å². The lowest BCUT2D eigenvalue weighted by atomic mass is 10.0. The molecule has 0 heterocycles. The molecule has 0 aliphatic rings. The largest absolute Gasteiger partial charge is 0.488 e. The predicted octanol–water partition coefficient (Wildman–Crippen LogP) is 6.76. The number of benzene rings is 3. The van der Waals surface area contributed by atoms with Gasteiger partial charge in [0.05, 0.1) is 5.56 Å². The molecule has 0 saturated carbocycles. The maximum absolute atomic E-state index is 12.3. The second kappa shape index (κ2) is 8.52. The fraction of sp³-hybridized carbons (Fsp3) is 0.269. The van der Waals surface area contributed by atoms with Crippen LogP contribution in [-0.4, -0.2) is 11.6 Å². The third-order valence-corrected chi connectivity index (χ3v) is 5.13. The summed E-state index contributed by atoms with van der Waals surface area (Å²) < 4.78 is 11.7. The molecule has 0 saturated heterocycles. The molecule has 3 nitrogen and oxygen atoms in total. The SMILES string of the molecule is CCC(C)(C)Oc1ccc(-c2ccc(OC(=O)c3ccccc3)c(C)c2)cc1C. The molecule has 0 spiro atoms. The van der Waals surface area contributed by atoms with Gasteiger partial charge in [-0.1, -0.05) is 37.3 Å². The molecule has 0 bridgehead atoms. The first-order valence-electron chi connectivity index (χ1n) is 9.97. The van der Waals surface area contributed by atoms with Gasteiger partial charge in [-0.25, -0.2) is 4.79 Å². The van der Waals surface area contributed by atoms with Gasteiger partial charge in [0.2, 0.25) is 0 Å². The van der Waals surface area contributed by atoms with Gasteiger partial charge >= 0.3 is 5.97 Å². The monoisotopic (exact) mass is 388 g/mol. The van der Waals surface area contributed by atoms with Gasteiger partial charge in [0.25, 0.3) is 0 Å². The van der Waals surface area contributed by atoms with E-state index >= 15 is 0 Å². The van der Waals surface area contributed by atoms with Gasteiger partial charge in [-0.05, 0) is 92.8 Å². The highest BCUT2D eigenvalue weighted by molar-refractivity contribution is 5.91. The molecule has 3 rings (SSSR count). The summed E-state index contributed by atoms with van der Waals surface area (Å²) in [5.41, 5.74) is 4.54. The second-order valence-corrected chi connectivity index (χ2v) is 7.93. The molecule has 29 heavy (non-hydrogen) atoms. The Bertz CT molecular complexity index is 1000. The van der Waals surface area contributed by atoms with Gasteiger partial charge in [0.15, 0.2) is 0 Å². The molecular weight excluding hydrogens is 360 g/mol. The van der Waals surface area contributed by atoms with Crippen LogP contribution in [0.4, 0.5) is 0 Å². The topological polar surface area (TPSA) is 35.5 Å². The van der Waals surface area contributed by atoms with Crippen molar-refractivity contribution in [2.75, 3.05) is 0 Å². The first-order chi connectivity index (χ1) is 13.8. The summed E-state index contributed by atoms with van der Waals surface area (Å²) in [5, 5.41) is 0. The smallest absolute Gasteiger partial charge is 0.343 e. The van der Waals surface area contributed by atoms with Gasteiger partial charge in [-0.2, -0.15) is 0 Å². The van der Waals surface area contributed by atoms with Crippen LogP contribution in [0.1, 0.15) is 48.7 Å². The van der Waals surface area contributed by atoms with Gasteiger partial charge < -0.3 is 9.47 Å². The predicted molar refractivity (Wildman–Crippen MR) is 118 cm³/mol. The van der Waals surface area contributed by atoms with Gasteiger partial charge in [-0.3, -0.25) is 0 Å². The highest BCUT2D eigenvalue weighted by atomic mass is 16.5. The van der Waals surface area contributed by atoms with E-state index in [1.54, 1.807) is 12.1 Å². The summed E-state index contributed by atoms with van der Waals surface area (Å²) in [5.74, 6) is 1.13. The molecule has 0 aromatic heterocycles. The standard InChI is InChI=1S/C26H28O3/c1-6-26(4,5)29-24-15-13-22(17-19(24)3)21-12-14-23(18(2)16-21)28-25(27)20-10-8-7-9-11-20/h7-17H,6H2,1-5H3. The average Bonchev–Trinajstić information content (AvgIpc) is 2.71. The number of esters is 1. The Labute approximate surface area is 173 Å². The van der Waals surface area contributed by atoms with Crippen LogP contribution in [0.25, 0.3) is 11.1 Å². The van der Waals surface area contributed by atoms with E-state index in [1.807, 2.05) is 49.4 Å². The minimum absolute atomic E-state index is 0.187. The molecular formula is C26H28O3. The van der Waals surface area contributed by atoms with Crippen LogP contribution in [0.3, 0.4) is 0 Å². The maximum atomic E-state index is 12.3. The summed E-state index contributed by atoms with van der Waals surface area (Å²) in [4.78, 5) is 12.3.